The zero-order valence-electron chi connectivity index (χ0n) is 16.7. The summed E-state index contributed by atoms with van der Waals surface area (Å²) in [6.45, 7) is 5.35. The number of benzene rings is 1. The molecule has 3 atom stereocenters. The van der Waals surface area contributed by atoms with Crippen molar-refractivity contribution in [3.05, 3.63) is 34.9 Å². The summed E-state index contributed by atoms with van der Waals surface area (Å²) in [7, 11) is 0. The van der Waals surface area contributed by atoms with E-state index in [0.717, 1.165) is 19.3 Å². The molecule has 1 aliphatic rings. The van der Waals surface area contributed by atoms with Crippen LogP contribution in [-0.2, 0) is 14.3 Å². The summed E-state index contributed by atoms with van der Waals surface area (Å²) in [5.74, 6) is -1.19. The number of esters is 1. The van der Waals surface area contributed by atoms with E-state index in [2.05, 4.69) is 17.6 Å². The number of ether oxygens (including phenoxy) is 1. The largest absolute Gasteiger partial charge is 0.454 e. The van der Waals surface area contributed by atoms with Gasteiger partial charge in [0.05, 0.1) is 10.6 Å². The third-order valence-electron chi connectivity index (χ3n) is 5.13. The first-order valence-electron chi connectivity index (χ1n) is 9.81. The van der Waals surface area contributed by atoms with Gasteiger partial charge in [-0.05, 0) is 36.8 Å². The molecule has 0 aromatic heterocycles. The van der Waals surface area contributed by atoms with Gasteiger partial charge in [-0.1, -0.05) is 57.3 Å². The lowest BCUT2D eigenvalue weighted by Gasteiger charge is -2.29. The molecule has 1 aromatic carbocycles. The van der Waals surface area contributed by atoms with Crippen LogP contribution in [0.5, 0.6) is 0 Å². The fourth-order valence-electron chi connectivity index (χ4n) is 3.37. The van der Waals surface area contributed by atoms with Crippen molar-refractivity contribution in [1.29, 1.82) is 0 Å². The van der Waals surface area contributed by atoms with Gasteiger partial charge in [-0.25, -0.2) is 4.79 Å². The van der Waals surface area contributed by atoms with Crippen LogP contribution in [0, 0.1) is 11.8 Å². The molecule has 0 saturated heterocycles. The molecule has 1 saturated carbocycles. The van der Waals surface area contributed by atoms with Gasteiger partial charge < -0.3 is 15.4 Å². The molecular formula is C21H29ClN2O4. The minimum atomic E-state index is -0.870. The second-order valence-electron chi connectivity index (χ2n) is 7.72. The topological polar surface area (TPSA) is 84.5 Å². The van der Waals surface area contributed by atoms with E-state index in [1.807, 2.05) is 0 Å². The maximum Gasteiger partial charge on any atom is 0.329 e. The van der Waals surface area contributed by atoms with E-state index in [-0.39, 0.29) is 30.0 Å². The quantitative estimate of drug-likeness (QED) is 0.677. The molecule has 7 heteroatoms. The molecule has 0 radical (unpaired) electrons. The molecule has 2 N–H and O–H groups in total. The lowest BCUT2D eigenvalue weighted by Crippen LogP contribution is -2.47. The summed E-state index contributed by atoms with van der Waals surface area (Å²) >= 11 is 6.04. The average Bonchev–Trinajstić information content (AvgIpc) is 2.66. The maximum atomic E-state index is 12.4. The lowest BCUT2D eigenvalue weighted by molar-refractivity contribution is -0.151. The van der Waals surface area contributed by atoms with E-state index in [4.69, 9.17) is 16.3 Å². The number of carbonyl (C=O) groups is 3. The number of carbonyl (C=O) groups excluding carboxylic acids is 3. The molecule has 0 bridgehead atoms. The molecule has 0 unspecified atom stereocenters. The third-order valence-corrected chi connectivity index (χ3v) is 5.46. The fraction of sp³-hybridized carbons (Fsp3) is 0.571. The van der Waals surface area contributed by atoms with Crippen LogP contribution in [0.2, 0.25) is 5.02 Å². The Morgan fingerprint density at radius 2 is 1.86 bits per heavy atom. The Morgan fingerprint density at radius 3 is 2.50 bits per heavy atom. The zero-order valence-corrected chi connectivity index (χ0v) is 17.4. The Labute approximate surface area is 171 Å². The van der Waals surface area contributed by atoms with Crippen molar-refractivity contribution in [3.63, 3.8) is 0 Å². The third kappa shape index (κ3) is 6.23. The number of hydrogen-bond acceptors (Lipinski definition) is 4. The van der Waals surface area contributed by atoms with Crippen molar-refractivity contribution >= 4 is 29.4 Å². The summed E-state index contributed by atoms with van der Waals surface area (Å²) in [6.07, 6.45) is 4.32. The molecule has 1 fully saturated rings. The Kier molecular flexibility index (Phi) is 8.30. The van der Waals surface area contributed by atoms with Gasteiger partial charge in [0, 0.05) is 6.04 Å². The lowest BCUT2D eigenvalue weighted by atomic mass is 9.86. The van der Waals surface area contributed by atoms with Gasteiger partial charge in [0.15, 0.2) is 6.61 Å². The van der Waals surface area contributed by atoms with Crippen LogP contribution >= 0.6 is 11.6 Å². The number of amides is 2. The van der Waals surface area contributed by atoms with Gasteiger partial charge >= 0.3 is 5.97 Å². The van der Waals surface area contributed by atoms with Crippen LogP contribution in [-0.4, -0.2) is 36.5 Å². The van der Waals surface area contributed by atoms with E-state index in [1.54, 1.807) is 38.1 Å². The molecule has 0 spiro atoms. The first-order valence-corrected chi connectivity index (χ1v) is 10.2. The highest BCUT2D eigenvalue weighted by Crippen LogP contribution is 2.23. The minimum Gasteiger partial charge on any atom is -0.454 e. The van der Waals surface area contributed by atoms with E-state index < -0.39 is 17.9 Å². The second kappa shape index (κ2) is 10.5. The Morgan fingerprint density at radius 1 is 1.18 bits per heavy atom. The number of rotatable bonds is 7. The fourth-order valence-corrected chi connectivity index (χ4v) is 3.59. The van der Waals surface area contributed by atoms with Crippen molar-refractivity contribution in [2.45, 2.75) is 58.5 Å². The van der Waals surface area contributed by atoms with Crippen LogP contribution in [0.1, 0.15) is 56.8 Å². The summed E-state index contributed by atoms with van der Waals surface area (Å²) in [5.41, 5.74) is 0.284. The summed E-state index contributed by atoms with van der Waals surface area (Å²) in [6, 6.07) is 5.86. The van der Waals surface area contributed by atoms with Crippen LogP contribution in [0.15, 0.2) is 24.3 Å². The van der Waals surface area contributed by atoms with Crippen molar-refractivity contribution in [3.8, 4) is 0 Å². The highest BCUT2D eigenvalue weighted by molar-refractivity contribution is 6.33. The second-order valence-corrected chi connectivity index (χ2v) is 8.13. The number of nitrogens with one attached hydrogen (secondary N) is 2. The molecule has 1 aromatic rings. The molecule has 154 valence electrons. The number of halogens is 1. The molecule has 6 nitrogen and oxygen atoms in total. The normalized spacial score (nSPS) is 20.3. The van der Waals surface area contributed by atoms with Crippen molar-refractivity contribution in [2.24, 2.45) is 11.8 Å². The zero-order chi connectivity index (χ0) is 20.7. The van der Waals surface area contributed by atoms with E-state index in [9.17, 15) is 14.4 Å². The van der Waals surface area contributed by atoms with E-state index in [0.29, 0.717) is 10.9 Å². The molecule has 2 rings (SSSR count). The van der Waals surface area contributed by atoms with E-state index >= 15 is 0 Å². The van der Waals surface area contributed by atoms with Gasteiger partial charge in [-0.3, -0.25) is 9.59 Å². The summed E-state index contributed by atoms with van der Waals surface area (Å²) < 4.78 is 5.17. The van der Waals surface area contributed by atoms with Gasteiger partial charge in [0.25, 0.3) is 11.8 Å². The van der Waals surface area contributed by atoms with Gasteiger partial charge in [0.2, 0.25) is 0 Å². The number of hydrogen-bond donors (Lipinski definition) is 2. The maximum absolute atomic E-state index is 12.4. The molecule has 28 heavy (non-hydrogen) atoms. The Hall–Kier alpha value is -2.08. The molecular weight excluding hydrogens is 380 g/mol. The van der Waals surface area contributed by atoms with E-state index in [1.165, 1.54) is 6.42 Å². The van der Waals surface area contributed by atoms with Crippen molar-refractivity contribution < 1.29 is 19.1 Å². The average molecular weight is 409 g/mol. The molecule has 0 heterocycles. The predicted molar refractivity (Wildman–Crippen MR) is 108 cm³/mol. The Balaban J connectivity index is 1.89. The molecule has 0 aliphatic heterocycles. The van der Waals surface area contributed by atoms with Gasteiger partial charge in [0.1, 0.15) is 6.04 Å². The first-order chi connectivity index (χ1) is 13.3. The highest BCUT2D eigenvalue weighted by atomic mass is 35.5. The molecule has 2 amide bonds. The van der Waals surface area contributed by atoms with Gasteiger partial charge in [-0.2, -0.15) is 0 Å². The smallest absolute Gasteiger partial charge is 0.329 e. The van der Waals surface area contributed by atoms with Gasteiger partial charge in [-0.15, -0.1) is 0 Å². The SMILES string of the molecule is CC(C)[C@H](NC(=O)c1ccccc1Cl)C(=O)OCC(=O)N[C@H]1CCCC[C@H]1C. The van der Waals surface area contributed by atoms with Crippen molar-refractivity contribution in [2.75, 3.05) is 6.61 Å². The Bertz CT molecular complexity index is 707. The van der Waals surface area contributed by atoms with Crippen LogP contribution in [0.3, 0.4) is 0 Å². The standard InChI is InChI=1S/C21H29ClN2O4/c1-13(2)19(24-20(26)15-9-5-6-10-16(15)22)21(27)28-12-18(25)23-17-11-7-4-8-14(17)3/h5-6,9-10,13-14,17,19H,4,7-8,11-12H2,1-3H3,(H,23,25)(H,24,26)/t14-,17+,19+/m1/s1. The first kappa shape index (κ1) is 22.2. The minimum absolute atomic E-state index is 0.126. The highest BCUT2D eigenvalue weighted by Gasteiger charge is 2.28. The summed E-state index contributed by atoms with van der Waals surface area (Å²) in [4.78, 5) is 37.0. The summed E-state index contributed by atoms with van der Waals surface area (Å²) in [5, 5.41) is 5.90. The van der Waals surface area contributed by atoms with Crippen LogP contribution in [0.25, 0.3) is 0 Å². The molecule has 1 aliphatic carbocycles. The monoisotopic (exact) mass is 408 g/mol. The van der Waals surface area contributed by atoms with Crippen LogP contribution < -0.4 is 10.6 Å². The van der Waals surface area contributed by atoms with Crippen LogP contribution in [0.4, 0.5) is 0 Å². The van der Waals surface area contributed by atoms with Crippen molar-refractivity contribution in [1.82, 2.24) is 10.6 Å². The predicted octanol–water partition coefficient (Wildman–Crippen LogP) is 3.33.